The first-order chi connectivity index (χ1) is 6.46. The molecule has 0 aromatic heterocycles. The molecule has 0 aliphatic carbocycles. The summed E-state index contributed by atoms with van der Waals surface area (Å²) < 4.78 is 14.2. The minimum Gasteiger partial charge on any atom is -0.503 e. The van der Waals surface area contributed by atoms with Gasteiger partial charge in [-0.25, -0.2) is 4.79 Å². The SMILES string of the molecule is CO/C=C(\C=O)C(=O)OC(C)(C)OC. The van der Waals surface area contributed by atoms with Crippen molar-refractivity contribution >= 4 is 12.3 Å². The quantitative estimate of drug-likeness (QED) is 0.124. The molecular weight excluding hydrogens is 188 g/mol. The number of methoxy groups -OCH3 is 2. The van der Waals surface area contributed by atoms with Crippen LogP contribution >= 0.6 is 0 Å². The Labute approximate surface area is 82.6 Å². The number of hydrogen-bond donors (Lipinski definition) is 0. The second-order valence-electron chi connectivity index (χ2n) is 2.92. The Bertz CT molecular complexity index is 242. The number of carbonyl (C=O) groups is 2. The predicted octanol–water partition coefficient (Wildman–Crippen LogP) is 0.641. The summed E-state index contributed by atoms with van der Waals surface area (Å²) in [5, 5.41) is 0. The first kappa shape index (κ1) is 12.6. The van der Waals surface area contributed by atoms with Crippen LogP contribution in [0.25, 0.3) is 0 Å². The lowest BCUT2D eigenvalue weighted by atomic mass is 10.3. The molecule has 80 valence electrons. The third-order valence-electron chi connectivity index (χ3n) is 1.44. The summed E-state index contributed by atoms with van der Waals surface area (Å²) in [6.45, 7) is 3.11. The van der Waals surface area contributed by atoms with E-state index < -0.39 is 11.8 Å². The van der Waals surface area contributed by atoms with Crippen molar-refractivity contribution in [1.82, 2.24) is 0 Å². The summed E-state index contributed by atoms with van der Waals surface area (Å²) in [4.78, 5) is 21.7. The van der Waals surface area contributed by atoms with Gasteiger partial charge in [0.05, 0.1) is 7.11 Å². The Morgan fingerprint density at radius 1 is 1.29 bits per heavy atom. The van der Waals surface area contributed by atoms with E-state index in [0.29, 0.717) is 6.29 Å². The molecule has 0 heterocycles. The molecule has 0 fully saturated rings. The number of rotatable bonds is 5. The molecule has 0 saturated heterocycles. The maximum absolute atomic E-state index is 11.3. The molecule has 0 aromatic rings. The molecule has 0 amide bonds. The van der Waals surface area contributed by atoms with Crippen LogP contribution in [0.15, 0.2) is 11.8 Å². The van der Waals surface area contributed by atoms with Gasteiger partial charge in [-0.2, -0.15) is 0 Å². The van der Waals surface area contributed by atoms with Gasteiger partial charge in [-0.3, -0.25) is 4.79 Å². The summed E-state index contributed by atoms with van der Waals surface area (Å²) in [6.07, 6.45) is 1.37. The average molecular weight is 202 g/mol. The number of hydrogen-bond acceptors (Lipinski definition) is 5. The van der Waals surface area contributed by atoms with Crippen molar-refractivity contribution in [1.29, 1.82) is 0 Å². The Balaban J connectivity index is 4.47. The summed E-state index contributed by atoms with van der Waals surface area (Å²) in [6, 6.07) is 0. The van der Waals surface area contributed by atoms with Crippen LogP contribution in [0.5, 0.6) is 0 Å². The van der Waals surface area contributed by atoms with Gasteiger partial charge >= 0.3 is 5.97 Å². The van der Waals surface area contributed by atoms with Crippen LogP contribution < -0.4 is 0 Å². The molecule has 0 spiro atoms. The van der Waals surface area contributed by atoms with E-state index in [1.165, 1.54) is 14.2 Å². The van der Waals surface area contributed by atoms with E-state index in [0.717, 1.165) is 6.26 Å². The second kappa shape index (κ2) is 5.39. The largest absolute Gasteiger partial charge is 0.503 e. The van der Waals surface area contributed by atoms with Gasteiger partial charge in [0, 0.05) is 21.0 Å². The van der Waals surface area contributed by atoms with E-state index in [4.69, 9.17) is 9.47 Å². The zero-order valence-electron chi connectivity index (χ0n) is 8.70. The van der Waals surface area contributed by atoms with Crippen molar-refractivity contribution < 1.29 is 23.8 Å². The van der Waals surface area contributed by atoms with Crippen LogP contribution in [0, 0.1) is 0 Å². The highest BCUT2D eigenvalue weighted by Gasteiger charge is 2.24. The number of ether oxygens (including phenoxy) is 3. The second-order valence-corrected chi connectivity index (χ2v) is 2.92. The molecule has 14 heavy (non-hydrogen) atoms. The molecule has 0 radical (unpaired) electrons. The van der Waals surface area contributed by atoms with Crippen molar-refractivity contribution in [2.24, 2.45) is 0 Å². The fraction of sp³-hybridized carbons (Fsp3) is 0.556. The van der Waals surface area contributed by atoms with Crippen LogP contribution in [0.2, 0.25) is 0 Å². The van der Waals surface area contributed by atoms with Gasteiger partial charge in [0.1, 0.15) is 11.8 Å². The number of carbonyl (C=O) groups excluding carboxylic acids is 2. The van der Waals surface area contributed by atoms with Crippen molar-refractivity contribution in [3.63, 3.8) is 0 Å². The van der Waals surface area contributed by atoms with Crippen molar-refractivity contribution in [2.45, 2.75) is 19.6 Å². The molecule has 0 unspecified atom stereocenters. The molecule has 0 rings (SSSR count). The van der Waals surface area contributed by atoms with Gasteiger partial charge in [-0.05, 0) is 0 Å². The highest BCUT2D eigenvalue weighted by Crippen LogP contribution is 2.11. The summed E-state index contributed by atoms with van der Waals surface area (Å²) in [5.74, 6) is -1.85. The standard InChI is InChI=1S/C9H14O5/c1-9(2,13-4)14-8(11)7(5-10)6-12-3/h5-6H,1-4H3/b7-6+. The van der Waals surface area contributed by atoms with Gasteiger partial charge in [-0.15, -0.1) is 0 Å². The minimum atomic E-state index is -1.06. The van der Waals surface area contributed by atoms with E-state index in [9.17, 15) is 9.59 Å². The summed E-state index contributed by atoms with van der Waals surface area (Å²) >= 11 is 0. The molecular formula is C9H14O5. The minimum absolute atomic E-state index is 0.197. The lowest BCUT2D eigenvalue weighted by molar-refractivity contribution is -0.201. The zero-order chi connectivity index (χ0) is 11.2. The monoisotopic (exact) mass is 202 g/mol. The van der Waals surface area contributed by atoms with E-state index >= 15 is 0 Å². The zero-order valence-corrected chi connectivity index (χ0v) is 8.70. The molecule has 0 bridgehead atoms. The fourth-order valence-electron chi connectivity index (χ4n) is 0.575. The summed E-state index contributed by atoms with van der Waals surface area (Å²) in [5.41, 5.74) is -0.197. The van der Waals surface area contributed by atoms with E-state index in [1.54, 1.807) is 13.8 Å². The molecule has 5 nitrogen and oxygen atoms in total. The highest BCUT2D eigenvalue weighted by molar-refractivity contribution is 6.07. The molecule has 0 N–H and O–H groups in total. The van der Waals surface area contributed by atoms with Gasteiger partial charge < -0.3 is 14.2 Å². The van der Waals surface area contributed by atoms with E-state index in [2.05, 4.69) is 4.74 Å². The van der Waals surface area contributed by atoms with Gasteiger partial charge in [-0.1, -0.05) is 0 Å². The van der Waals surface area contributed by atoms with E-state index in [-0.39, 0.29) is 5.57 Å². The lowest BCUT2D eigenvalue weighted by Crippen LogP contribution is -2.30. The van der Waals surface area contributed by atoms with Crippen molar-refractivity contribution in [3.8, 4) is 0 Å². The van der Waals surface area contributed by atoms with Crippen molar-refractivity contribution in [3.05, 3.63) is 11.8 Å². The first-order valence-electron chi connectivity index (χ1n) is 3.93. The predicted molar refractivity (Wildman–Crippen MR) is 48.3 cm³/mol. The highest BCUT2D eigenvalue weighted by atomic mass is 16.7. The normalized spacial score (nSPS) is 12.1. The topological polar surface area (TPSA) is 61.8 Å². The van der Waals surface area contributed by atoms with Crippen molar-refractivity contribution in [2.75, 3.05) is 14.2 Å². The first-order valence-corrected chi connectivity index (χ1v) is 3.93. The molecule has 0 aliphatic heterocycles. The van der Waals surface area contributed by atoms with Gasteiger partial charge in [0.2, 0.25) is 5.79 Å². The fourth-order valence-corrected chi connectivity index (χ4v) is 0.575. The molecule has 0 aliphatic rings. The third kappa shape index (κ3) is 4.04. The Hall–Kier alpha value is -1.36. The van der Waals surface area contributed by atoms with Crippen LogP contribution in [-0.4, -0.2) is 32.3 Å². The maximum atomic E-state index is 11.3. The smallest absolute Gasteiger partial charge is 0.347 e. The molecule has 0 atom stereocenters. The van der Waals surface area contributed by atoms with Gasteiger partial charge in [0.25, 0.3) is 0 Å². The Morgan fingerprint density at radius 3 is 2.21 bits per heavy atom. The Kier molecular flexibility index (Phi) is 4.86. The Morgan fingerprint density at radius 2 is 1.86 bits per heavy atom. The van der Waals surface area contributed by atoms with Crippen LogP contribution in [0.4, 0.5) is 0 Å². The van der Waals surface area contributed by atoms with Crippen LogP contribution in [0.1, 0.15) is 13.8 Å². The van der Waals surface area contributed by atoms with Crippen LogP contribution in [0.3, 0.4) is 0 Å². The lowest BCUT2D eigenvalue weighted by Gasteiger charge is -2.22. The molecule has 5 heteroatoms. The van der Waals surface area contributed by atoms with Crippen LogP contribution in [-0.2, 0) is 23.8 Å². The average Bonchev–Trinajstić information content (AvgIpc) is 2.13. The summed E-state index contributed by atoms with van der Waals surface area (Å²) in [7, 11) is 2.73. The number of esters is 1. The molecule has 0 saturated carbocycles. The number of aldehydes is 1. The maximum Gasteiger partial charge on any atom is 0.347 e. The molecule has 0 aromatic carbocycles. The van der Waals surface area contributed by atoms with E-state index in [1.807, 2.05) is 0 Å². The third-order valence-corrected chi connectivity index (χ3v) is 1.44. The van der Waals surface area contributed by atoms with Gasteiger partial charge in [0.15, 0.2) is 6.29 Å².